The van der Waals surface area contributed by atoms with Crippen LogP contribution < -0.4 is 4.74 Å². The molecule has 0 radical (unpaired) electrons. The van der Waals surface area contributed by atoms with E-state index in [1.807, 2.05) is 26.0 Å². The summed E-state index contributed by atoms with van der Waals surface area (Å²) in [6.07, 6.45) is 0. The lowest BCUT2D eigenvalue weighted by Gasteiger charge is -2.10. The van der Waals surface area contributed by atoms with Crippen LogP contribution in [0.1, 0.15) is 21.7 Å². The van der Waals surface area contributed by atoms with Crippen molar-refractivity contribution in [1.29, 1.82) is 0 Å². The van der Waals surface area contributed by atoms with Crippen LogP contribution in [0.3, 0.4) is 0 Å². The lowest BCUT2D eigenvalue weighted by Crippen LogP contribution is -1.93. The van der Waals surface area contributed by atoms with Crippen LogP contribution in [-0.4, -0.2) is 18.2 Å². The second-order valence-corrected chi connectivity index (χ2v) is 4.13. The molecular weight excluding hydrogens is 232 g/mol. The Morgan fingerprint density at radius 3 is 2.56 bits per heavy atom. The third kappa shape index (κ3) is 2.09. The van der Waals surface area contributed by atoms with Crippen LogP contribution in [0.4, 0.5) is 0 Å². The number of benzene rings is 1. The number of carboxylic acids is 1. The molecule has 94 valence electrons. The molecule has 0 aliphatic heterocycles. The number of aryl methyl sites for hydroxylation is 2. The van der Waals surface area contributed by atoms with E-state index in [0.29, 0.717) is 11.5 Å². The number of carboxylic acid groups (broad SMARTS) is 1. The van der Waals surface area contributed by atoms with E-state index in [-0.39, 0.29) is 5.76 Å². The van der Waals surface area contributed by atoms with Crippen molar-refractivity contribution in [2.75, 3.05) is 7.11 Å². The number of ether oxygens (including phenoxy) is 1. The van der Waals surface area contributed by atoms with Crippen molar-refractivity contribution < 1.29 is 19.1 Å². The molecule has 0 aliphatic carbocycles. The standard InChI is InChI=1S/C14H14O4/c1-8-6-9(2)13(12(7-8)17-3)10-4-5-11(18-10)14(15)16/h4-7H,1-3H3,(H,15,16). The molecule has 0 unspecified atom stereocenters. The van der Waals surface area contributed by atoms with Crippen molar-refractivity contribution in [2.24, 2.45) is 0 Å². The van der Waals surface area contributed by atoms with Crippen molar-refractivity contribution >= 4 is 5.97 Å². The van der Waals surface area contributed by atoms with Gasteiger partial charge in [0, 0.05) is 0 Å². The minimum Gasteiger partial charge on any atom is -0.496 e. The molecule has 4 nitrogen and oxygen atoms in total. The third-order valence-corrected chi connectivity index (χ3v) is 2.73. The van der Waals surface area contributed by atoms with Crippen molar-refractivity contribution in [2.45, 2.75) is 13.8 Å². The molecule has 0 fully saturated rings. The SMILES string of the molecule is COc1cc(C)cc(C)c1-c1ccc(C(=O)O)o1. The van der Waals surface area contributed by atoms with E-state index in [2.05, 4.69) is 0 Å². The Morgan fingerprint density at radius 2 is 2.00 bits per heavy atom. The highest BCUT2D eigenvalue weighted by Crippen LogP contribution is 2.35. The first-order chi connectivity index (χ1) is 8.52. The average Bonchev–Trinajstić information content (AvgIpc) is 2.77. The van der Waals surface area contributed by atoms with E-state index >= 15 is 0 Å². The zero-order chi connectivity index (χ0) is 13.3. The monoisotopic (exact) mass is 246 g/mol. The van der Waals surface area contributed by atoms with Gasteiger partial charge in [-0.2, -0.15) is 0 Å². The van der Waals surface area contributed by atoms with Gasteiger partial charge in [0.1, 0.15) is 11.5 Å². The molecular formula is C14H14O4. The zero-order valence-corrected chi connectivity index (χ0v) is 10.5. The summed E-state index contributed by atoms with van der Waals surface area (Å²) in [5.41, 5.74) is 2.85. The Hall–Kier alpha value is -2.23. The van der Waals surface area contributed by atoms with Gasteiger partial charge in [0.05, 0.1) is 12.7 Å². The second kappa shape index (κ2) is 4.56. The van der Waals surface area contributed by atoms with Crippen molar-refractivity contribution in [1.82, 2.24) is 0 Å². The van der Waals surface area contributed by atoms with Crippen LogP contribution in [0.5, 0.6) is 5.75 Å². The minimum absolute atomic E-state index is 0.0768. The molecule has 0 bridgehead atoms. The average molecular weight is 246 g/mol. The molecule has 0 spiro atoms. The number of rotatable bonds is 3. The van der Waals surface area contributed by atoms with Gasteiger partial charge in [-0.15, -0.1) is 0 Å². The fraction of sp³-hybridized carbons (Fsp3) is 0.214. The molecule has 2 rings (SSSR count). The van der Waals surface area contributed by atoms with Crippen LogP contribution in [0.2, 0.25) is 0 Å². The maximum absolute atomic E-state index is 10.8. The predicted octanol–water partition coefficient (Wildman–Crippen LogP) is 3.27. The summed E-state index contributed by atoms with van der Waals surface area (Å²) >= 11 is 0. The van der Waals surface area contributed by atoms with Gasteiger partial charge in [-0.25, -0.2) is 4.79 Å². The number of aromatic carboxylic acids is 1. The molecule has 0 saturated heterocycles. The van der Waals surface area contributed by atoms with Crippen molar-refractivity contribution in [3.05, 3.63) is 41.2 Å². The maximum atomic E-state index is 10.8. The summed E-state index contributed by atoms with van der Waals surface area (Å²) < 4.78 is 10.6. The van der Waals surface area contributed by atoms with E-state index < -0.39 is 5.97 Å². The molecule has 1 aromatic carbocycles. The highest BCUT2D eigenvalue weighted by atomic mass is 16.5. The molecule has 1 N–H and O–H groups in total. The summed E-state index contributed by atoms with van der Waals surface area (Å²) in [5.74, 6) is 0.0255. The Kier molecular flexibility index (Phi) is 3.10. The molecule has 0 amide bonds. The van der Waals surface area contributed by atoms with E-state index in [1.54, 1.807) is 13.2 Å². The molecule has 4 heteroatoms. The number of hydrogen-bond donors (Lipinski definition) is 1. The van der Waals surface area contributed by atoms with Gasteiger partial charge in [0.2, 0.25) is 5.76 Å². The quantitative estimate of drug-likeness (QED) is 0.902. The molecule has 2 aromatic rings. The van der Waals surface area contributed by atoms with Gasteiger partial charge in [-0.05, 0) is 43.2 Å². The lowest BCUT2D eigenvalue weighted by atomic mass is 10.0. The Labute approximate surface area is 105 Å². The topological polar surface area (TPSA) is 59.7 Å². The second-order valence-electron chi connectivity index (χ2n) is 4.13. The summed E-state index contributed by atoms with van der Waals surface area (Å²) in [6, 6.07) is 6.98. The van der Waals surface area contributed by atoms with Crippen molar-refractivity contribution in [3.8, 4) is 17.1 Å². The van der Waals surface area contributed by atoms with Gasteiger partial charge >= 0.3 is 5.97 Å². The van der Waals surface area contributed by atoms with Crippen LogP contribution in [-0.2, 0) is 0 Å². The number of carbonyl (C=O) groups is 1. The highest BCUT2D eigenvalue weighted by Gasteiger charge is 2.16. The molecule has 18 heavy (non-hydrogen) atoms. The first-order valence-corrected chi connectivity index (χ1v) is 5.51. The number of furan rings is 1. The lowest BCUT2D eigenvalue weighted by molar-refractivity contribution is 0.0663. The predicted molar refractivity (Wildman–Crippen MR) is 67.1 cm³/mol. The fourth-order valence-corrected chi connectivity index (χ4v) is 1.99. The summed E-state index contributed by atoms with van der Waals surface area (Å²) in [4.78, 5) is 10.8. The Morgan fingerprint density at radius 1 is 1.28 bits per heavy atom. The summed E-state index contributed by atoms with van der Waals surface area (Å²) in [6.45, 7) is 3.91. The van der Waals surface area contributed by atoms with Crippen molar-refractivity contribution in [3.63, 3.8) is 0 Å². The van der Waals surface area contributed by atoms with Gasteiger partial charge in [-0.3, -0.25) is 0 Å². The first kappa shape index (κ1) is 12.2. The number of methoxy groups -OCH3 is 1. The van der Waals surface area contributed by atoms with Gasteiger partial charge in [0.25, 0.3) is 0 Å². The van der Waals surface area contributed by atoms with Crippen LogP contribution in [0.25, 0.3) is 11.3 Å². The minimum atomic E-state index is -1.08. The third-order valence-electron chi connectivity index (χ3n) is 2.73. The normalized spacial score (nSPS) is 10.4. The van der Waals surface area contributed by atoms with Crippen LogP contribution in [0, 0.1) is 13.8 Å². The van der Waals surface area contributed by atoms with Gasteiger partial charge in [0.15, 0.2) is 0 Å². The first-order valence-electron chi connectivity index (χ1n) is 5.51. The maximum Gasteiger partial charge on any atom is 0.371 e. The van der Waals surface area contributed by atoms with E-state index in [0.717, 1.165) is 16.7 Å². The van der Waals surface area contributed by atoms with E-state index in [9.17, 15) is 4.79 Å². The van der Waals surface area contributed by atoms with Crippen LogP contribution >= 0.6 is 0 Å². The molecule has 0 saturated carbocycles. The largest absolute Gasteiger partial charge is 0.496 e. The van der Waals surface area contributed by atoms with E-state index in [4.69, 9.17) is 14.3 Å². The van der Waals surface area contributed by atoms with Gasteiger partial charge < -0.3 is 14.3 Å². The summed E-state index contributed by atoms with van der Waals surface area (Å²) in [5, 5.41) is 8.86. The molecule has 0 atom stereocenters. The van der Waals surface area contributed by atoms with Crippen LogP contribution in [0.15, 0.2) is 28.7 Å². The van der Waals surface area contributed by atoms with E-state index in [1.165, 1.54) is 6.07 Å². The van der Waals surface area contributed by atoms with Gasteiger partial charge in [-0.1, -0.05) is 6.07 Å². The Bertz CT molecular complexity index is 596. The molecule has 0 aliphatic rings. The molecule has 1 aromatic heterocycles. The molecule has 1 heterocycles. The fourth-order valence-electron chi connectivity index (χ4n) is 1.99. The zero-order valence-electron chi connectivity index (χ0n) is 10.5. The number of hydrogen-bond acceptors (Lipinski definition) is 3. The Balaban J connectivity index is 2.58. The smallest absolute Gasteiger partial charge is 0.371 e. The highest BCUT2D eigenvalue weighted by molar-refractivity contribution is 5.85. The summed E-state index contributed by atoms with van der Waals surface area (Å²) in [7, 11) is 1.58.